The molecule has 1 aromatic rings. The number of nitrogens with zero attached hydrogens (tertiary/aromatic N) is 2. The number of ether oxygens (including phenoxy) is 1. The standard InChI is InChI=1S/C22H24N2O3/c1-3-8-20-9-11-24-12-10-21(22(20,14-25)19(26)27-2)15-6-4-5-7-16(15)23-18(21)17(24)13-20/h3-8,14,17H,9-13H2,1-2H3. The summed E-state index contributed by atoms with van der Waals surface area (Å²) in [7, 11) is 1.40. The maximum atomic E-state index is 13.5. The largest absolute Gasteiger partial charge is 0.468 e. The van der Waals surface area contributed by atoms with Crippen molar-refractivity contribution in [2.75, 3.05) is 20.2 Å². The van der Waals surface area contributed by atoms with E-state index in [-0.39, 0.29) is 6.04 Å². The van der Waals surface area contributed by atoms with Crippen LogP contribution in [0.25, 0.3) is 0 Å². The van der Waals surface area contributed by atoms with Crippen molar-refractivity contribution in [2.45, 2.75) is 37.6 Å². The fourth-order valence-electron chi connectivity index (χ4n) is 6.64. The molecular weight excluding hydrogens is 340 g/mol. The van der Waals surface area contributed by atoms with Crippen molar-refractivity contribution in [3.05, 3.63) is 42.0 Å². The van der Waals surface area contributed by atoms with Gasteiger partial charge in [0, 0.05) is 23.7 Å². The van der Waals surface area contributed by atoms with Crippen LogP contribution in [-0.2, 0) is 19.7 Å². The second-order valence-corrected chi connectivity index (χ2v) is 8.25. The molecule has 5 heteroatoms. The van der Waals surface area contributed by atoms with Crippen LogP contribution in [0.15, 0.2) is 41.4 Å². The quantitative estimate of drug-likeness (QED) is 0.358. The van der Waals surface area contributed by atoms with Gasteiger partial charge < -0.3 is 9.53 Å². The van der Waals surface area contributed by atoms with Gasteiger partial charge in [0.05, 0.1) is 18.2 Å². The minimum absolute atomic E-state index is 0.175. The van der Waals surface area contributed by atoms with E-state index < -0.39 is 22.2 Å². The van der Waals surface area contributed by atoms with Gasteiger partial charge in [-0.1, -0.05) is 30.4 Å². The van der Waals surface area contributed by atoms with Crippen LogP contribution in [0.3, 0.4) is 0 Å². The minimum atomic E-state index is -1.28. The van der Waals surface area contributed by atoms with Crippen LogP contribution < -0.4 is 0 Å². The summed E-state index contributed by atoms with van der Waals surface area (Å²) in [6, 6.07) is 8.18. The first-order valence-electron chi connectivity index (χ1n) is 9.71. The summed E-state index contributed by atoms with van der Waals surface area (Å²) in [5.74, 6) is -0.422. The molecule has 4 aliphatic rings. The van der Waals surface area contributed by atoms with Crippen molar-refractivity contribution >= 4 is 23.7 Å². The molecule has 0 N–H and O–H groups in total. The predicted octanol–water partition coefficient (Wildman–Crippen LogP) is 2.81. The van der Waals surface area contributed by atoms with Crippen molar-refractivity contribution in [2.24, 2.45) is 15.8 Å². The number of para-hydroxylation sites is 1. The molecule has 1 saturated carbocycles. The van der Waals surface area contributed by atoms with Gasteiger partial charge >= 0.3 is 5.97 Å². The number of aliphatic imine (C=N–C) groups is 1. The van der Waals surface area contributed by atoms with Crippen molar-refractivity contribution < 1.29 is 14.3 Å². The smallest absolute Gasteiger partial charge is 0.321 e. The molecule has 3 bridgehead atoms. The highest BCUT2D eigenvalue weighted by Crippen LogP contribution is 2.69. The van der Waals surface area contributed by atoms with Gasteiger partial charge in [-0.3, -0.25) is 14.7 Å². The Labute approximate surface area is 159 Å². The molecule has 0 radical (unpaired) electrons. The Bertz CT molecular complexity index is 907. The molecular formula is C22H24N2O3. The Balaban J connectivity index is 1.91. The van der Waals surface area contributed by atoms with E-state index in [1.165, 1.54) is 7.11 Å². The molecule has 1 aromatic carbocycles. The third-order valence-electron chi connectivity index (χ3n) is 7.60. The van der Waals surface area contributed by atoms with Crippen molar-refractivity contribution in [1.29, 1.82) is 0 Å². The van der Waals surface area contributed by atoms with Gasteiger partial charge in [-0.15, -0.1) is 0 Å². The zero-order valence-corrected chi connectivity index (χ0v) is 15.8. The summed E-state index contributed by atoms with van der Waals surface area (Å²) >= 11 is 0. The monoisotopic (exact) mass is 364 g/mol. The Hall–Kier alpha value is -2.27. The van der Waals surface area contributed by atoms with E-state index >= 15 is 0 Å². The first-order valence-corrected chi connectivity index (χ1v) is 9.71. The molecule has 2 saturated heterocycles. The van der Waals surface area contributed by atoms with E-state index in [0.717, 1.165) is 49.2 Å². The molecule has 27 heavy (non-hydrogen) atoms. The maximum Gasteiger partial charge on any atom is 0.321 e. The molecule has 5 rings (SSSR count). The second-order valence-electron chi connectivity index (χ2n) is 8.25. The topological polar surface area (TPSA) is 59.0 Å². The summed E-state index contributed by atoms with van der Waals surface area (Å²) in [5, 5.41) is 0. The number of benzene rings is 1. The van der Waals surface area contributed by atoms with Gasteiger partial charge in [-0.25, -0.2) is 0 Å². The van der Waals surface area contributed by atoms with Gasteiger partial charge in [-0.2, -0.15) is 0 Å². The van der Waals surface area contributed by atoms with Gasteiger partial charge in [0.25, 0.3) is 0 Å². The average molecular weight is 364 g/mol. The van der Waals surface area contributed by atoms with Crippen LogP contribution >= 0.6 is 0 Å². The predicted molar refractivity (Wildman–Crippen MR) is 102 cm³/mol. The lowest BCUT2D eigenvalue weighted by atomic mass is 9.38. The van der Waals surface area contributed by atoms with E-state index in [0.29, 0.717) is 6.42 Å². The molecule has 4 unspecified atom stereocenters. The van der Waals surface area contributed by atoms with E-state index in [4.69, 9.17) is 9.73 Å². The summed E-state index contributed by atoms with van der Waals surface area (Å²) < 4.78 is 5.34. The van der Waals surface area contributed by atoms with Crippen molar-refractivity contribution in [3.63, 3.8) is 0 Å². The first-order chi connectivity index (χ1) is 13.1. The Kier molecular flexibility index (Phi) is 3.36. The molecule has 3 aliphatic heterocycles. The Morgan fingerprint density at radius 1 is 1.30 bits per heavy atom. The highest BCUT2D eigenvalue weighted by Gasteiger charge is 2.77. The molecule has 4 atom stereocenters. The summed E-state index contributed by atoms with van der Waals surface area (Å²) in [4.78, 5) is 34.0. The molecule has 3 fully saturated rings. The fraction of sp³-hybridized carbons (Fsp3) is 0.500. The number of esters is 1. The van der Waals surface area contributed by atoms with Crippen molar-refractivity contribution in [3.8, 4) is 0 Å². The van der Waals surface area contributed by atoms with Crippen LogP contribution in [0.4, 0.5) is 5.69 Å². The lowest BCUT2D eigenvalue weighted by molar-refractivity contribution is -0.177. The summed E-state index contributed by atoms with van der Waals surface area (Å²) in [6.45, 7) is 3.71. The molecule has 0 spiro atoms. The number of aldehydes is 1. The number of carbonyl (C=O) groups is 2. The first kappa shape index (κ1) is 16.9. The number of carbonyl (C=O) groups excluding carboxylic acids is 2. The fourth-order valence-corrected chi connectivity index (χ4v) is 6.64. The number of hydrogen-bond donors (Lipinski definition) is 0. The normalized spacial score (nSPS) is 39.0. The number of rotatable bonds is 3. The lowest BCUT2D eigenvalue weighted by Crippen LogP contribution is -2.77. The SMILES string of the molecule is CC=CC12CCN3CCC4(C(=Nc5ccccc54)C3C1)C2(C=O)C(=O)OC. The van der Waals surface area contributed by atoms with Crippen LogP contribution in [0, 0.1) is 10.8 Å². The third kappa shape index (κ3) is 1.64. The number of allylic oxidation sites excluding steroid dienone is 2. The third-order valence-corrected chi connectivity index (χ3v) is 7.60. The summed E-state index contributed by atoms with van der Waals surface area (Å²) in [6.07, 6.45) is 7.23. The number of fused-ring (bicyclic) bond motifs is 2. The Morgan fingerprint density at radius 3 is 2.81 bits per heavy atom. The molecule has 5 nitrogen and oxygen atoms in total. The lowest BCUT2D eigenvalue weighted by Gasteiger charge is -2.66. The van der Waals surface area contributed by atoms with Gasteiger partial charge in [0.2, 0.25) is 0 Å². The molecule has 1 aliphatic carbocycles. The second kappa shape index (κ2) is 5.38. The molecule has 3 heterocycles. The van der Waals surface area contributed by atoms with Crippen LogP contribution in [0.2, 0.25) is 0 Å². The van der Waals surface area contributed by atoms with Crippen LogP contribution in [0.1, 0.15) is 31.7 Å². The maximum absolute atomic E-state index is 13.5. The average Bonchev–Trinajstić information content (AvgIpc) is 3.04. The zero-order valence-electron chi connectivity index (χ0n) is 15.8. The van der Waals surface area contributed by atoms with Gasteiger partial charge in [0.1, 0.15) is 11.7 Å². The van der Waals surface area contributed by atoms with E-state index in [1.54, 1.807) is 0 Å². The number of methoxy groups -OCH3 is 1. The molecule has 140 valence electrons. The summed E-state index contributed by atoms with van der Waals surface area (Å²) in [5.41, 5.74) is 0.361. The molecule has 0 aromatic heterocycles. The van der Waals surface area contributed by atoms with Crippen molar-refractivity contribution in [1.82, 2.24) is 4.90 Å². The minimum Gasteiger partial charge on any atom is -0.468 e. The Morgan fingerprint density at radius 2 is 2.07 bits per heavy atom. The highest BCUT2D eigenvalue weighted by molar-refractivity contribution is 6.16. The number of hydrogen-bond acceptors (Lipinski definition) is 5. The zero-order chi connectivity index (χ0) is 18.9. The van der Waals surface area contributed by atoms with Crippen LogP contribution in [0.5, 0.6) is 0 Å². The van der Waals surface area contributed by atoms with Gasteiger partial charge in [-0.05, 0) is 44.4 Å². The van der Waals surface area contributed by atoms with Crippen LogP contribution in [-0.4, -0.2) is 49.1 Å². The van der Waals surface area contributed by atoms with E-state index in [9.17, 15) is 9.59 Å². The van der Waals surface area contributed by atoms with Gasteiger partial charge in [0.15, 0.2) is 0 Å². The molecule has 0 amide bonds. The van der Waals surface area contributed by atoms with E-state index in [2.05, 4.69) is 11.0 Å². The number of piperidine rings is 2. The van der Waals surface area contributed by atoms with E-state index in [1.807, 2.05) is 37.3 Å². The highest BCUT2D eigenvalue weighted by atomic mass is 16.5.